The van der Waals surface area contributed by atoms with Gasteiger partial charge in [-0.05, 0) is 42.0 Å². The predicted octanol–water partition coefficient (Wildman–Crippen LogP) is 6.09. The summed E-state index contributed by atoms with van der Waals surface area (Å²) in [4.78, 5) is 28.8. The first kappa shape index (κ1) is 27.5. The van der Waals surface area contributed by atoms with Crippen LogP contribution in [0.15, 0.2) is 48.5 Å². The summed E-state index contributed by atoms with van der Waals surface area (Å²) in [6.07, 6.45) is 4.79. The molecular formula is C30H39ClN2O4. The van der Waals surface area contributed by atoms with E-state index in [0.717, 1.165) is 43.2 Å². The maximum Gasteiger partial charge on any atom is 0.326 e. The molecule has 0 bridgehead atoms. The van der Waals surface area contributed by atoms with Gasteiger partial charge in [-0.3, -0.25) is 4.79 Å². The monoisotopic (exact) mass is 526 g/mol. The molecule has 2 N–H and O–H groups in total. The summed E-state index contributed by atoms with van der Waals surface area (Å²) in [6.45, 7) is 6.64. The summed E-state index contributed by atoms with van der Waals surface area (Å²) in [7, 11) is 1.62. The first-order valence-electron chi connectivity index (χ1n) is 13.3. The van der Waals surface area contributed by atoms with Gasteiger partial charge < -0.3 is 20.1 Å². The van der Waals surface area contributed by atoms with Gasteiger partial charge in [-0.1, -0.05) is 82.0 Å². The Labute approximate surface area is 225 Å². The molecule has 0 spiro atoms. The number of nitrogens with zero attached hydrogens (tertiary/aromatic N) is 1. The van der Waals surface area contributed by atoms with Crippen LogP contribution in [0.1, 0.15) is 70.0 Å². The van der Waals surface area contributed by atoms with Crippen LogP contribution in [0.4, 0.5) is 0 Å². The molecule has 6 nitrogen and oxygen atoms in total. The van der Waals surface area contributed by atoms with Crippen LogP contribution in [-0.4, -0.2) is 41.1 Å². The van der Waals surface area contributed by atoms with E-state index in [4.69, 9.17) is 16.3 Å². The third-order valence-corrected chi connectivity index (χ3v) is 8.28. The van der Waals surface area contributed by atoms with E-state index in [1.807, 2.05) is 42.5 Å². The van der Waals surface area contributed by atoms with Crippen molar-refractivity contribution >= 4 is 23.5 Å². The highest BCUT2D eigenvalue weighted by molar-refractivity contribution is 6.30. The molecule has 2 aliphatic rings. The van der Waals surface area contributed by atoms with Crippen molar-refractivity contribution in [2.75, 3.05) is 7.11 Å². The highest BCUT2D eigenvalue weighted by Crippen LogP contribution is 2.49. The van der Waals surface area contributed by atoms with Gasteiger partial charge in [0.05, 0.1) is 13.2 Å². The Morgan fingerprint density at radius 2 is 1.76 bits per heavy atom. The number of carbonyl (C=O) groups is 2. The summed E-state index contributed by atoms with van der Waals surface area (Å²) in [5.41, 5.74) is 1.45. The fourth-order valence-corrected chi connectivity index (χ4v) is 6.60. The minimum absolute atomic E-state index is 0.0279. The molecule has 1 heterocycles. The Hall–Kier alpha value is -2.57. The molecule has 7 heteroatoms. The number of carboxylic acids is 1. The second-order valence-corrected chi connectivity index (χ2v) is 11.9. The van der Waals surface area contributed by atoms with Crippen LogP contribution in [0.2, 0.25) is 5.02 Å². The molecule has 1 aliphatic heterocycles. The third-order valence-electron chi connectivity index (χ3n) is 8.04. The van der Waals surface area contributed by atoms with Crippen LogP contribution in [-0.2, 0) is 16.1 Å². The van der Waals surface area contributed by atoms with Crippen LogP contribution in [0, 0.1) is 17.3 Å². The maximum absolute atomic E-state index is 14.1. The van der Waals surface area contributed by atoms with E-state index >= 15 is 0 Å². The number of ether oxygens (including phenoxy) is 1. The SMILES string of the molecule is COc1ccc(Cl)cc1CN[C@@H]1[C@@H](C(C)(C)C)[C@H](C(=O)O)N(C(=O)C2CCCCC2)[C@@H]1c1ccccc1. The molecule has 37 heavy (non-hydrogen) atoms. The van der Waals surface area contributed by atoms with Gasteiger partial charge in [-0.15, -0.1) is 0 Å². The summed E-state index contributed by atoms with van der Waals surface area (Å²) in [5.74, 6) is -0.722. The van der Waals surface area contributed by atoms with E-state index in [1.54, 1.807) is 18.1 Å². The van der Waals surface area contributed by atoms with E-state index in [1.165, 1.54) is 0 Å². The maximum atomic E-state index is 14.1. The van der Waals surface area contributed by atoms with Crippen LogP contribution < -0.4 is 10.1 Å². The molecule has 1 saturated carbocycles. The number of carbonyl (C=O) groups excluding carboxylic acids is 1. The lowest BCUT2D eigenvalue weighted by molar-refractivity contribution is -0.154. The second kappa shape index (κ2) is 11.4. The Bertz CT molecular complexity index is 1090. The molecule has 200 valence electrons. The molecule has 2 aromatic carbocycles. The zero-order valence-corrected chi connectivity index (χ0v) is 23.0. The van der Waals surface area contributed by atoms with Crippen molar-refractivity contribution < 1.29 is 19.4 Å². The Kier molecular flexibility index (Phi) is 8.49. The molecule has 1 aliphatic carbocycles. The molecular weight excluding hydrogens is 488 g/mol. The lowest BCUT2D eigenvalue weighted by Gasteiger charge is -2.36. The number of aliphatic carboxylic acids is 1. The van der Waals surface area contributed by atoms with Crippen LogP contribution in [0.25, 0.3) is 0 Å². The first-order valence-corrected chi connectivity index (χ1v) is 13.7. The summed E-state index contributed by atoms with van der Waals surface area (Å²) >= 11 is 6.30. The van der Waals surface area contributed by atoms with Crippen molar-refractivity contribution in [2.45, 2.75) is 77.5 Å². The standard InChI is InChI=1S/C30H39ClN2O4/c1-30(2,3)24-25(32-18-21-17-22(31)15-16-23(21)37-4)26(19-11-7-5-8-12-19)33(27(24)29(35)36)28(34)20-13-9-6-10-14-20/h5,7-8,11-12,15-17,20,24-27,32H,6,9-10,13-14,18H2,1-4H3,(H,35,36)/t24-,25-,26-,27-/m1/s1. The minimum Gasteiger partial charge on any atom is -0.496 e. The van der Waals surface area contributed by atoms with E-state index in [-0.39, 0.29) is 29.2 Å². The number of hydrogen-bond donors (Lipinski definition) is 2. The Morgan fingerprint density at radius 1 is 1.08 bits per heavy atom. The normalized spacial score (nSPS) is 24.7. The fraction of sp³-hybridized carbons (Fsp3) is 0.533. The number of nitrogens with one attached hydrogen (secondary N) is 1. The third kappa shape index (κ3) is 5.80. The number of hydrogen-bond acceptors (Lipinski definition) is 4. The Morgan fingerprint density at radius 3 is 2.35 bits per heavy atom. The molecule has 0 radical (unpaired) electrons. The predicted molar refractivity (Wildman–Crippen MR) is 146 cm³/mol. The van der Waals surface area contributed by atoms with Crippen molar-refractivity contribution in [2.24, 2.45) is 17.3 Å². The molecule has 2 fully saturated rings. The summed E-state index contributed by atoms with van der Waals surface area (Å²) in [5, 5.41) is 14.9. The average Bonchev–Trinajstić information content (AvgIpc) is 3.24. The number of benzene rings is 2. The van der Waals surface area contributed by atoms with Crippen LogP contribution >= 0.6 is 11.6 Å². The van der Waals surface area contributed by atoms with Gasteiger partial charge in [0.2, 0.25) is 5.91 Å². The molecule has 1 amide bonds. The van der Waals surface area contributed by atoms with E-state index < -0.39 is 18.1 Å². The van der Waals surface area contributed by atoms with Gasteiger partial charge in [0, 0.05) is 35.0 Å². The van der Waals surface area contributed by atoms with Gasteiger partial charge in [0.25, 0.3) is 0 Å². The highest BCUT2D eigenvalue weighted by Gasteiger charge is 2.58. The summed E-state index contributed by atoms with van der Waals surface area (Å²) in [6, 6.07) is 13.7. The van der Waals surface area contributed by atoms with Gasteiger partial charge >= 0.3 is 5.97 Å². The van der Waals surface area contributed by atoms with Crippen molar-refractivity contribution in [1.82, 2.24) is 10.2 Å². The number of halogens is 1. The minimum atomic E-state index is -0.949. The van der Waals surface area contributed by atoms with Crippen LogP contribution in [0.3, 0.4) is 0 Å². The van der Waals surface area contributed by atoms with Gasteiger partial charge in [0.15, 0.2) is 0 Å². The molecule has 0 aromatic heterocycles. The van der Waals surface area contributed by atoms with Gasteiger partial charge in [0.1, 0.15) is 11.8 Å². The number of rotatable bonds is 7. The molecule has 2 aromatic rings. The smallest absolute Gasteiger partial charge is 0.326 e. The van der Waals surface area contributed by atoms with Crippen LogP contribution in [0.5, 0.6) is 5.75 Å². The van der Waals surface area contributed by atoms with Crippen molar-refractivity contribution in [3.05, 3.63) is 64.7 Å². The van der Waals surface area contributed by atoms with Crippen molar-refractivity contribution in [3.63, 3.8) is 0 Å². The molecule has 0 unspecified atom stereocenters. The lowest BCUT2D eigenvalue weighted by Crippen LogP contribution is -2.49. The largest absolute Gasteiger partial charge is 0.496 e. The van der Waals surface area contributed by atoms with E-state index in [2.05, 4.69) is 26.1 Å². The quantitative estimate of drug-likeness (QED) is 0.456. The second-order valence-electron chi connectivity index (χ2n) is 11.5. The zero-order chi connectivity index (χ0) is 26.7. The van der Waals surface area contributed by atoms with Crippen molar-refractivity contribution in [1.29, 1.82) is 0 Å². The molecule has 1 saturated heterocycles. The highest BCUT2D eigenvalue weighted by atomic mass is 35.5. The number of likely N-dealkylation sites (tertiary alicyclic amines) is 1. The topological polar surface area (TPSA) is 78.9 Å². The zero-order valence-electron chi connectivity index (χ0n) is 22.2. The summed E-state index contributed by atoms with van der Waals surface area (Å²) < 4.78 is 5.56. The van der Waals surface area contributed by atoms with Gasteiger partial charge in [-0.2, -0.15) is 0 Å². The Balaban J connectivity index is 1.80. The van der Waals surface area contributed by atoms with E-state index in [9.17, 15) is 14.7 Å². The van der Waals surface area contributed by atoms with Crippen molar-refractivity contribution in [3.8, 4) is 5.75 Å². The van der Waals surface area contributed by atoms with E-state index in [0.29, 0.717) is 17.3 Å². The average molecular weight is 527 g/mol. The molecule has 4 atom stereocenters. The first-order chi connectivity index (χ1) is 17.6. The number of methoxy groups -OCH3 is 1. The molecule has 4 rings (SSSR count). The number of carboxylic acid groups (broad SMARTS) is 1. The fourth-order valence-electron chi connectivity index (χ4n) is 6.40. The number of amides is 1. The lowest BCUT2D eigenvalue weighted by atomic mass is 9.72. The van der Waals surface area contributed by atoms with Gasteiger partial charge in [-0.25, -0.2) is 4.79 Å².